The highest BCUT2D eigenvalue weighted by Crippen LogP contribution is 2.24. The minimum atomic E-state index is -3.76. The lowest BCUT2D eigenvalue weighted by Crippen LogP contribution is -2.27. The molecule has 2 amide bonds. The minimum absolute atomic E-state index is 0.0382. The fourth-order valence-corrected chi connectivity index (χ4v) is 4.33. The number of hydrogen-bond acceptors (Lipinski definition) is 6. The van der Waals surface area contributed by atoms with E-state index < -0.39 is 10.0 Å². The van der Waals surface area contributed by atoms with Crippen molar-refractivity contribution in [3.63, 3.8) is 0 Å². The van der Waals surface area contributed by atoms with Gasteiger partial charge in [-0.1, -0.05) is 30.3 Å². The van der Waals surface area contributed by atoms with E-state index in [1.165, 1.54) is 42.5 Å². The van der Waals surface area contributed by atoms with Crippen molar-refractivity contribution in [2.24, 2.45) is 0 Å². The predicted molar refractivity (Wildman–Crippen MR) is 117 cm³/mol. The highest BCUT2D eigenvalue weighted by Gasteiger charge is 2.15. The third kappa shape index (κ3) is 5.96. The first-order valence-corrected chi connectivity index (χ1v) is 11.4. The molecule has 0 saturated heterocycles. The van der Waals surface area contributed by atoms with E-state index in [-0.39, 0.29) is 29.7 Å². The van der Waals surface area contributed by atoms with Gasteiger partial charge >= 0.3 is 0 Å². The van der Waals surface area contributed by atoms with Gasteiger partial charge in [0.25, 0.3) is 0 Å². The number of carbonyl (C=O) groups is 2. The highest BCUT2D eigenvalue weighted by molar-refractivity contribution is 7.89. The molecular weight excluding hydrogens is 424 g/mol. The van der Waals surface area contributed by atoms with Crippen molar-refractivity contribution in [3.8, 4) is 11.3 Å². The summed E-state index contributed by atoms with van der Waals surface area (Å²) in [7, 11) is -3.76. The maximum absolute atomic E-state index is 12.3. The van der Waals surface area contributed by atoms with Gasteiger partial charge in [0.05, 0.1) is 10.6 Å². The number of sulfonamides is 1. The molecule has 0 bridgehead atoms. The Hall–Kier alpha value is -3.08. The van der Waals surface area contributed by atoms with Crippen LogP contribution < -0.4 is 15.4 Å². The molecule has 2 aromatic carbocycles. The lowest BCUT2D eigenvalue weighted by atomic mass is 10.2. The summed E-state index contributed by atoms with van der Waals surface area (Å²) in [5.41, 5.74) is 2.21. The molecule has 0 aliphatic rings. The van der Waals surface area contributed by atoms with E-state index in [4.69, 9.17) is 0 Å². The van der Waals surface area contributed by atoms with Crippen LogP contribution in [0.1, 0.15) is 13.3 Å². The zero-order valence-electron chi connectivity index (χ0n) is 16.1. The van der Waals surface area contributed by atoms with Gasteiger partial charge in [0, 0.05) is 36.5 Å². The number of thiazole rings is 1. The zero-order valence-corrected chi connectivity index (χ0v) is 17.7. The third-order valence-electron chi connectivity index (χ3n) is 3.95. The Morgan fingerprint density at radius 3 is 2.37 bits per heavy atom. The van der Waals surface area contributed by atoms with E-state index in [1.54, 1.807) is 0 Å². The molecule has 30 heavy (non-hydrogen) atoms. The van der Waals surface area contributed by atoms with Crippen LogP contribution in [0.4, 0.5) is 10.8 Å². The fourth-order valence-electron chi connectivity index (χ4n) is 2.56. The molecule has 0 aliphatic heterocycles. The minimum Gasteiger partial charge on any atom is -0.326 e. The van der Waals surface area contributed by atoms with E-state index >= 15 is 0 Å². The van der Waals surface area contributed by atoms with Gasteiger partial charge in [-0.05, 0) is 24.3 Å². The van der Waals surface area contributed by atoms with Crippen LogP contribution in [-0.4, -0.2) is 31.8 Å². The number of benzene rings is 2. The van der Waals surface area contributed by atoms with Crippen molar-refractivity contribution in [1.29, 1.82) is 0 Å². The number of aromatic nitrogens is 1. The van der Waals surface area contributed by atoms with Gasteiger partial charge in [-0.25, -0.2) is 18.1 Å². The number of hydrogen-bond donors (Lipinski definition) is 3. The SMILES string of the molecule is CC(=O)Nc1ccc(S(=O)(=O)NCCC(=O)Nc2nc(-c3ccccc3)cs2)cc1. The molecule has 10 heteroatoms. The van der Waals surface area contributed by atoms with Crippen molar-refractivity contribution in [3.05, 3.63) is 60.0 Å². The molecule has 3 N–H and O–H groups in total. The molecule has 1 aromatic heterocycles. The smallest absolute Gasteiger partial charge is 0.240 e. The van der Waals surface area contributed by atoms with Gasteiger partial charge in [-0.3, -0.25) is 9.59 Å². The molecule has 0 fully saturated rings. The van der Waals surface area contributed by atoms with Crippen LogP contribution in [0.3, 0.4) is 0 Å². The lowest BCUT2D eigenvalue weighted by molar-refractivity contribution is -0.116. The normalized spacial score (nSPS) is 11.1. The van der Waals surface area contributed by atoms with E-state index in [9.17, 15) is 18.0 Å². The Morgan fingerprint density at radius 2 is 1.70 bits per heavy atom. The number of rotatable bonds is 8. The van der Waals surface area contributed by atoms with Gasteiger partial charge in [-0.2, -0.15) is 0 Å². The number of nitrogens with one attached hydrogen (secondary N) is 3. The van der Waals surface area contributed by atoms with Crippen LogP contribution >= 0.6 is 11.3 Å². The van der Waals surface area contributed by atoms with Gasteiger partial charge in [0.2, 0.25) is 21.8 Å². The first-order chi connectivity index (χ1) is 14.3. The number of carbonyl (C=O) groups excluding carboxylic acids is 2. The largest absolute Gasteiger partial charge is 0.326 e. The van der Waals surface area contributed by atoms with Crippen molar-refractivity contribution in [2.45, 2.75) is 18.2 Å². The van der Waals surface area contributed by atoms with Gasteiger partial charge in [0.1, 0.15) is 0 Å². The van der Waals surface area contributed by atoms with E-state index in [1.807, 2.05) is 35.7 Å². The summed E-state index contributed by atoms with van der Waals surface area (Å²) < 4.78 is 27.0. The maximum atomic E-state index is 12.3. The molecule has 3 aromatic rings. The molecule has 8 nitrogen and oxygen atoms in total. The first kappa shape index (κ1) is 21.6. The summed E-state index contributed by atoms with van der Waals surface area (Å²) in [6.07, 6.45) is -0.0382. The third-order valence-corrected chi connectivity index (χ3v) is 6.18. The first-order valence-electron chi connectivity index (χ1n) is 9.01. The second-order valence-corrected chi connectivity index (χ2v) is 8.93. The second kappa shape index (κ2) is 9.61. The predicted octanol–water partition coefficient (Wildman–Crippen LogP) is 3.08. The standard InChI is InChI=1S/C20H20N4O4S2/c1-14(25)22-16-7-9-17(10-8-16)30(27,28)21-12-11-19(26)24-20-23-18(13-29-20)15-5-3-2-4-6-15/h2-10,13,21H,11-12H2,1H3,(H,22,25)(H,23,24,26). The maximum Gasteiger partial charge on any atom is 0.240 e. The highest BCUT2D eigenvalue weighted by atomic mass is 32.2. The molecule has 0 unspecified atom stereocenters. The molecule has 0 saturated carbocycles. The number of nitrogens with zero attached hydrogens (tertiary/aromatic N) is 1. The van der Waals surface area contributed by atoms with Gasteiger partial charge < -0.3 is 10.6 Å². The van der Waals surface area contributed by atoms with Crippen LogP contribution in [0.2, 0.25) is 0 Å². The van der Waals surface area contributed by atoms with Crippen molar-refractivity contribution >= 4 is 44.0 Å². The summed E-state index contributed by atoms with van der Waals surface area (Å²) >= 11 is 1.30. The lowest BCUT2D eigenvalue weighted by Gasteiger charge is -2.08. The van der Waals surface area contributed by atoms with E-state index in [0.717, 1.165) is 11.3 Å². The topological polar surface area (TPSA) is 117 Å². The van der Waals surface area contributed by atoms with Crippen molar-refractivity contribution in [2.75, 3.05) is 17.2 Å². The number of anilines is 2. The molecule has 1 heterocycles. The summed E-state index contributed by atoms with van der Waals surface area (Å²) in [6.45, 7) is 1.31. The molecule has 156 valence electrons. The molecule has 0 radical (unpaired) electrons. The van der Waals surface area contributed by atoms with Crippen LogP contribution in [0, 0.1) is 0 Å². The van der Waals surface area contributed by atoms with Crippen LogP contribution in [0.15, 0.2) is 64.9 Å². The van der Waals surface area contributed by atoms with E-state index in [0.29, 0.717) is 10.8 Å². The zero-order chi connectivity index (χ0) is 21.6. The fraction of sp³-hybridized carbons (Fsp3) is 0.150. The number of amides is 2. The van der Waals surface area contributed by atoms with Crippen molar-refractivity contribution in [1.82, 2.24) is 9.71 Å². The summed E-state index contributed by atoms with van der Waals surface area (Å²) in [4.78, 5) is 27.5. The molecule has 0 spiro atoms. The van der Waals surface area contributed by atoms with Gasteiger partial charge in [-0.15, -0.1) is 11.3 Å². The van der Waals surface area contributed by atoms with Gasteiger partial charge in [0.15, 0.2) is 5.13 Å². The van der Waals surface area contributed by atoms with Crippen LogP contribution in [0.5, 0.6) is 0 Å². The Kier molecular flexibility index (Phi) is 6.93. The molecule has 3 rings (SSSR count). The molecular formula is C20H20N4O4S2. The van der Waals surface area contributed by atoms with Crippen LogP contribution in [0.25, 0.3) is 11.3 Å². The average molecular weight is 445 g/mol. The Morgan fingerprint density at radius 1 is 1.00 bits per heavy atom. The second-order valence-electron chi connectivity index (χ2n) is 6.31. The Bertz CT molecular complexity index is 1130. The Labute approximate surface area is 178 Å². The summed E-state index contributed by atoms with van der Waals surface area (Å²) in [5, 5.41) is 7.54. The summed E-state index contributed by atoms with van der Waals surface area (Å²) in [6, 6.07) is 15.3. The summed E-state index contributed by atoms with van der Waals surface area (Å²) in [5.74, 6) is -0.585. The molecule has 0 atom stereocenters. The Balaban J connectivity index is 1.50. The monoisotopic (exact) mass is 444 g/mol. The average Bonchev–Trinajstić information content (AvgIpc) is 3.17. The quantitative estimate of drug-likeness (QED) is 0.494. The molecule has 0 aliphatic carbocycles. The van der Waals surface area contributed by atoms with Crippen LogP contribution in [-0.2, 0) is 19.6 Å². The van der Waals surface area contributed by atoms with Crippen molar-refractivity contribution < 1.29 is 18.0 Å². The van der Waals surface area contributed by atoms with E-state index in [2.05, 4.69) is 20.3 Å².